The lowest BCUT2D eigenvalue weighted by Crippen LogP contribution is -2.40. The average molecular weight is 570 g/mol. The van der Waals surface area contributed by atoms with E-state index in [1.165, 1.54) is 12.1 Å². The minimum absolute atomic E-state index is 0.0929. The van der Waals surface area contributed by atoms with Gasteiger partial charge < -0.3 is 29.0 Å². The number of hydrogen-bond acceptors (Lipinski definition) is 6. The highest BCUT2D eigenvalue weighted by atomic mass is 19.4. The van der Waals surface area contributed by atoms with E-state index < -0.39 is 30.3 Å². The highest BCUT2D eigenvalue weighted by Crippen LogP contribution is 2.25. The van der Waals surface area contributed by atoms with Crippen LogP contribution >= 0.6 is 0 Å². The molecule has 1 N–H and O–H groups in total. The smallest absolute Gasteiger partial charge is 0.492 e. The number of carboxylic acid groups (broad SMARTS) is 1. The number of alkyl halides is 3. The van der Waals surface area contributed by atoms with Crippen LogP contribution in [-0.4, -0.2) is 60.8 Å². The maximum atomic E-state index is 13.0. The Hall–Kier alpha value is -3.47. The highest BCUT2D eigenvalue weighted by molar-refractivity contribution is 5.72. The van der Waals surface area contributed by atoms with Crippen LogP contribution in [0.5, 0.6) is 17.2 Å². The van der Waals surface area contributed by atoms with Gasteiger partial charge in [-0.2, -0.15) is 0 Å². The molecule has 0 spiro atoms. The molecule has 0 saturated heterocycles. The molecule has 0 bridgehead atoms. The van der Waals surface area contributed by atoms with E-state index in [0.717, 1.165) is 43.4 Å². The van der Waals surface area contributed by atoms with E-state index in [-0.39, 0.29) is 31.2 Å². The molecule has 0 heterocycles. The van der Waals surface area contributed by atoms with Crippen LogP contribution in [0.3, 0.4) is 0 Å². The third-order valence-electron chi connectivity index (χ3n) is 6.01. The van der Waals surface area contributed by atoms with E-state index in [9.17, 15) is 27.9 Å². The van der Waals surface area contributed by atoms with Crippen molar-refractivity contribution in [3.63, 3.8) is 0 Å². The summed E-state index contributed by atoms with van der Waals surface area (Å²) in [7, 11) is 0. The molecule has 0 fully saturated rings. The average Bonchev–Trinajstić information content (AvgIpc) is 2.89. The Morgan fingerprint density at radius 2 is 1.48 bits per heavy atom. The second-order valence-electron chi connectivity index (χ2n) is 9.26. The van der Waals surface area contributed by atoms with Crippen molar-refractivity contribution in [2.75, 3.05) is 26.3 Å². The first kappa shape index (κ1) is 32.7. The van der Waals surface area contributed by atoms with Crippen LogP contribution in [0.2, 0.25) is 0 Å². The van der Waals surface area contributed by atoms with E-state index in [1.807, 2.05) is 0 Å². The van der Waals surface area contributed by atoms with Gasteiger partial charge in [0.05, 0.1) is 6.54 Å². The van der Waals surface area contributed by atoms with Crippen LogP contribution in [0.15, 0.2) is 48.5 Å². The zero-order valence-electron chi connectivity index (χ0n) is 23.1. The quantitative estimate of drug-likeness (QED) is 0.226. The summed E-state index contributed by atoms with van der Waals surface area (Å²) in [5.74, 6) is -0.526. The van der Waals surface area contributed by atoms with E-state index in [2.05, 4.69) is 18.6 Å². The Labute approximate surface area is 233 Å². The van der Waals surface area contributed by atoms with Gasteiger partial charge in [-0.3, -0.25) is 0 Å². The molecule has 0 aliphatic heterocycles. The maximum absolute atomic E-state index is 13.0. The summed E-state index contributed by atoms with van der Waals surface area (Å²) in [6.45, 7) is 7.05. The van der Waals surface area contributed by atoms with Crippen LogP contribution in [-0.2, 0) is 16.0 Å². The predicted octanol–water partition coefficient (Wildman–Crippen LogP) is 6.71. The lowest BCUT2D eigenvalue weighted by molar-refractivity contribution is -0.274. The number of carbonyl (C=O) groups is 2. The monoisotopic (exact) mass is 569 g/mol. The number of ether oxygens (including phenoxy) is 4. The van der Waals surface area contributed by atoms with Gasteiger partial charge in [-0.25, -0.2) is 9.59 Å². The first-order chi connectivity index (χ1) is 19.0. The first-order valence-corrected chi connectivity index (χ1v) is 13.4. The largest absolute Gasteiger partial charge is 0.573 e. The van der Waals surface area contributed by atoms with Crippen LogP contribution in [0.25, 0.3) is 0 Å². The summed E-state index contributed by atoms with van der Waals surface area (Å²) >= 11 is 0. The molecule has 1 amide bonds. The van der Waals surface area contributed by atoms with Crippen molar-refractivity contribution in [3.05, 3.63) is 54.1 Å². The molecular formula is C29H38F3NO7. The van der Waals surface area contributed by atoms with Gasteiger partial charge in [-0.15, -0.1) is 13.2 Å². The number of hydrogen-bond donors (Lipinski definition) is 1. The van der Waals surface area contributed by atoms with Crippen LogP contribution < -0.4 is 14.2 Å². The molecule has 8 nitrogen and oxygen atoms in total. The lowest BCUT2D eigenvalue weighted by Gasteiger charge is -2.27. The Balaban J connectivity index is 2.02. The van der Waals surface area contributed by atoms with Crippen LogP contribution in [0.4, 0.5) is 18.0 Å². The summed E-state index contributed by atoms with van der Waals surface area (Å²) in [5.41, 5.74) is 0.784. The van der Waals surface area contributed by atoms with Gasteiger partial charge >= 0.3 is 18.4 Å². The molecule has 0 saturated carbocycles. The predicted molar refractivity (Wildman–Crippen MR) is 143 cm³/mol. The number of nitrogens with zero attached hydrogens (tertiary/aromatic N) is 1. The van der Waals surface area contributed by atoms with Crippen molar-refractivity contribution in [3.8, 4) is 17.2 Å². The van der Waals surface area contributed by atoms with Crippen LogP contribution in [0, 0.1) is 5.92 Å². The Morgan fingerprint density at radius 1 is 0.900 bits per heavy atom. The van der Waals surface area contributed by atoms with Gasteiger partial charge in [0.15, 0.2) is 6.10 Å². The lowest BCUT2D eigenvalue weighted by atomic mass is 9.98. The zero-order chi connectivity index (χ0) is 29.5. The molecule has 222 valence electrons. The summed E-state index contributed by atoms with van der Waals surface area (Å²) in [4.78, 5) is 25.9. The molecule has 0 aromatic heterocycles. The Morgan fingerprint density at radius 3 is 2.00 bits per heavy atom. The Bertz CT molecular complexity index is 1020. The topological polar surface area (TPSA) is 94.5 Å². The van der Waals surface area contributed by atoms with Gasteiger partial charge in [0.1, 0.15) is 23.9 Å². The van der Waals surface area contributed by atoms with Crippen molar-refractivity contribution >= 4 is 12.1 Å². The zero-order valence-corrected chi connectivity index (χ0v) is 23.1. The fourth-order valence-electron chi connectivity index (χ4n) is 4.22. The van der Waals surface area contributed by atoms with Crippen molar-refractivity contribution in [2.24, 2.45) is 5.92 Å². The Kier molecular flexibility index (Phi) is 13.6. The fraction of sp³-hybridized carbons (Fsp3) is 0.517. The number of halogens is 3. The number of rotatable bonds is 17. The molecule has 11 heteroatoms. The molecule has 1 atom stereocenters. The van der Waals surface area contributed by atoms with Gasteiger partial charge in [-0.05, 0) is 67.6 Å². The molecule has 2 aromatic rings. The molecule has 0 aliphatic rings. The number of aliphatic carboxylic acids is 1. The van der Waals surface area contributed by atoms with Gasteiger partial charge in [0.25, 0.3) is 0 Å². The van der Waals surface area contributed by atoms with Gasteiger partial charge in [-0.1, -0.05) is 38.8 Å². The third-order valence-corrected chi connectivity index (χ3v) is 6.01. The maximum Gasteiger partial charge on any atom is 0.573 e. The molecule has 0 radical (unpaired) electrons. The first-order valence-electron chi connectivity index (χ1n) is 13.4. The highest BCUT2D eigenvalue weighted by Gasteiger charge is 2.31. The number of carbonyl (C=O) groups excluding carboxylic acids is 1. The standard InChI is InChI=1S/C29H38F3NO7/c1-4-7-22(8-5-2)20-33(28(36)39-24-13-15-25(16-14-24)40-29(30,31)32)17-18-38-23-11-9-21(10-12-23)19-26(27(34)35)37-6-3/h9-16,22,26H,4-8,17-20H2,1-3H3,(H,34,35). The van der Waals surface area contributed by atoms with Crippen molar-refractivity contribution in [1.82, 2.24) is 4.90 Å². The van der Waals surface area contributed by atoms with Crippen molar-refractivity contribution in [2.45, 2.75) is 65.3 Å². The van der Waals surface area contributed by atoms with Crippen molar-refractivity contribution < 1.29 is 46.8 Å². The van der Waals surface area contributed by atoms with Crippen molar-refractivity contribution in [1.29, 1.82) is 0 Å². The van der Waals surface area contributed by atoms with Gasteiger partial charge in [0.2, 0.25) is 0 Å². The minimum Gasteiger partial charge on any atom is -0.492 e. The van der Waals surface area contributed by atoms with E-state index in [1.54, 1.807) is 36.1 Å². The second kappa shape index (κ2) is 16.6. The summed E-state index contributed by atoms with van der Waals surface area (Å²) < 4.78 is 57.7. The molecule has 2 aromatic carbocycles. The normalized spacial score (nSPS) is 12.2. The minimum atomic E-state index is -4.81. The van der Waals surface area contributed by atoms with Gasteiger partial charge in [0, 0.05) is 19.6 Å². The molecular weight excluding hydrogens is 531 g/mol. The molecule has 0 aliphatic carbocycles. The third kappa shape index (κ3) is 12.1. The number of benzene rings is 2. The molecule has 40 heavy (non-hydrogen) atoms. The summed E-state index contributed by atoms with van der Waals surface area (Å²) in [6, 6.07) is 11.6. The molecule has 1 unspecified atom stereocenters. The van der Waals surface area contributed by atoms with E-state index in [0.29, 0.717) is 18.9 Å². The second-order valence-corrected chi connectivity index (χ2v) is 9.26. The van der Waals surface area contributed by atoms with E-state index in [4.69, 9.17) is 14.2 Å². The number of carboxylic acids is 1. The number of amides is 1. The fourth-order valence-corrected chi connectivity index (χ4v) is 4.22. The summed E-state index contributed by atoms with van der Waals surface area (Å²) in [5, 5.41) is 9.27. The summed E-state index contributed by atoms with van der Waals surface area (Å²) in [6.07, 6.45) is -2.35. The molecule has 2 rings (SSSR count). The van der Waals surface area contributed by atoms with Crippen LogP contribution in [0.1, 0.15) is 52.0 Å². The van der Waals surface area contributed by atoms with E-state index >= 15 is 0 Å². The SMILES string of the molecule is CCCC(CCC)CN(CCOc1ccc(CC(OCC)C(=O)O)cc1)C(=O)Oc1ccc(OC(F)(F)F)cc1.